The largest absolute Gasteiger partial charge is 0.292 e. The van der Waals surface area contributed by atoms with E-state index in [-0.39, 0.29) is 5.56 Å². The lowest BCUT2D eigenvalue weighted by Gasteiger charge is -2.20. The lowest BCUT2D eigenvalue weighted by molar-refractivity contribution is 0.354. The minimum atomic E-state index is -0.142. The summed E-state index contributed by atoms with van der Waals surface area (Å²) >= 11 is 0. The quantitative estimate of drug-likeness (QED) is 0.790. The van der Waals surface area contributed by atoms with Crippen LogP contribution < -0.4 is 5.56 Å². The molecule has 116 valence electrons. The summed E-state index contributed by atoms with van der Waals surface area (Å²) in [5.41, 5.74) is 2.30. The highest BCUT2D eigenvalue weighted by Gasteiger charge is 2.20. The first-order chi connectivity index (χ1) is 11.3. The molecule has 0 atom stereocenters. The number of aromatic nitrogens is 3. The minimum absolute atomic E-state index is 0.142. The van der Waals surface area contributed by atoms with Crippen LogP contribution in [-0.4, -0.2) is 14.6 Å². The predicted molar refractivity (Wildman–Crippen MR) is 88.3 cm³/mol. The molecule has 5 heteroatoms. The van der Waals surface area contributed by atoms with E-state index in [0.717, 1.165) is 12.1 Å². The van der Waals surface area contributed by atoms with Crippen LogP contribution in [0.25, 0.3) is 16.6 Å². The molecule has 2 aromatic heterocycles. The molecule has 0 spiro atoms. The van der Waals surface area contributed by atoms with Gasteiger partial charge in [0.15, 0.2) is 5.65 Å². The highest BCUT2D eigenvalue weighted by molar-refractivity contribution is 5.80. The number of para-hydroxylation sites is 1. The molecule has 0 radical (unpaired) electrons. The SMILES string of the molecule is N#Cc1c(CC2CCCCC2)[nH]n2c(=O)c3ccccc3nc12. The van der Waals surface area contributed by atoms with Crippen LogP contribution in [0.2, 0.25) is 0 Å². The molecule has 0 saturated heterocycles. The fourth-order valence-electron chi connectivity index (χ4n) is 3.68. The molecule has 1 N–H and O–H groups in total. The predicted octanol–water partition coefficient (Wildman–Crippen LogP) is 3.17. The summed E-state index contributed by atoms with van der Waals surface area (Å²) in [6, 6.07) is 9.51. The minimum Gasteiger partial charge on any atom is -0.292 e. The molecule has 1 aromatic carbocycles. The lowest BCUT2D eigenvalue weighted by Crippen LogP contribution is -2.16. The Labute approximate surface area is 133 Å². The Morgan fingerprint density at radius 1 is 1.26 bits per heavy atom. The molecule has 0 bridgehead atoms. The maximum Gasteiger partial charge on any atom is 0.280 e. The van der Waals surface area contributed by atoms with Gasteiger partial charge in [0.1, 0.15) is 11.6 Å². The average molecular weight is 306 g/mol. The fourth-order valence-corrected chi connectivity index (χ4v) is 3.68. The molecule has 0 amide bonds. The normalized spacial score (nSPS) is 16.0. The monoisotopic (exact) mass is 306 g/mol. The van der Waals surface area contributed by atoms with E-state index >= 15 is 0 Å². The molecule has 1 saturated carbocycles. The zero-order valence-electron chi connectivity index (χ0n) is 12.9. The Balaban J connectivity index is 1.88. The van der Waals surface area contributed by atoms with E-state index in [1.165, 1.54) is 36.6 Å². The summed E-state index contributed by atoms with van der Waals surface area (Å²) in [5, 5.41) is 13.3. The number of nitrogens with one attached hydrogen (secondary N) is 1. The van der Waals surface area contributed by atoms with Gasteiger partial charge in [0.2, 0.25) is 0 Å². The van der Waals surface area contributed by atoms with Crippen molar-refractivity contribution in [1.29, 1.82) is 5.26 Å². The highest BCUT2D eigenvalue weighted by Crippen LogP contribution is 2.28. The van der Waals surface area contributed by atoms with Gasteiger partial charge >= 0.3 is 0 Å². The number of fused-ring (bicyclic) bond motifs is 2. The van der Waals surface area contributed by atoms with Gasteiger partial charge < -0.3 is 0 Å². The van der Waals surface area contributed by atoms with Crippen LogP contribution in [0.4, 0.5) is 0 Å². The van der Waals surface area contributed by atoms with Crippen molar-refractivity contribution >= 4 is 16.6 Å². The Morgan fingerprint density at radius 3 is 2.83 bits per heavy atom. The molecule has 4 rings (SSSR count). The number of H-pyrrole nitrogens is 1. The molecule has 5 nitrogen and oxygen atoms in total. The summed E-state index contributed by atoms with van der Waals surface area (Å²) in [4.78, 5) is 17.2. The van der Waals surface area contributed by atoms with Crippen molar-refractivity contribution in [3.8, 4) is 6.07 Å². The highest BCUT2D eigenvalue weighted by atomic mass is 16.1. The van der Waals surface area contributed by atoms with Crippen LogP contribution in [0.5, 0.6) is 0 Å². The summed E-state index contributed by atoms with van der Waals surface area (Å²) in [7, 11) is 0. The van der Waals surface area contributed by atoms with Crippen molar-refractivity contribution in [1.82, 2.24) is 14.6 Å². The van der Waals surface area contributed by atoms with Crippen LogP contribution in [0, 0.1) is 17.2 Å². The van der Waals surface area contributed by atoms with Crippen LogP contribution in [-0.2, 0) is 6.42 Å². The third-order valence-electron chi connectivity index (χ3n) is 4.88. The second-order valence-electron chi connectivity index (χ2n) is 6.38. The zero-order valence-corrected chi connectivity index (χ0v) is 12.9. The Kier molecular flexibility index (Phi) is 3.38. The van der Waals surface area contributed by atoms with Gasteiger partial charge in [0.25, 0.3) is 5.56 Å². The number of benzene rings is 1. The molecule has 0 aliphatic heterocycles. The third-order valence-corrected chi connectivity index (χ3v) is 4.88. The van der Waals surface area contributed by atoms with Crippen molar-refractivity contribution < 1.29 is 0 Å². The molecule has 1 aliphatic carbocycles. The first-order valence-electron chi connectivity index (χ1n) is 8.20. The Hall–Kier alpha value is -2.61. The number of rotatable bonds is 2. The molecular weight excluding hydrogens is 288 g/mol. The van der Waals surface area contributed by atoms with E-state index in [4.69, 9.17) is 0 Å². The van der Waals surface area contributed by atoms with E-state index in [1.807, 2.05) is 18.2 Å². The van der Waals surface area contributed by atoms with Crippen molar-refractivity contribution in [3.05, 3.63) is 45.9 Å². The van der Waals surface area contributed by atoms with E-state index in [0.29, 0.717) is 28.0 Å². The smallest absolute Gasteiger partial charge is 0.280 e. The molecule has 1 fully saturated rings. The van der Waals surface area contributed by atoms with Gasteiger partial charge in [0, 0.05) is 0 Å². The summed E-state index contributed by atoms with van der Waals surface area (Å²) in [5.74, 6) is 0.592. The van der Waals surface area contributed by atoms with E-state index in [9.17, 15) is 10.1 Å². The number of nitriles is 1. The van der Waals surface area contributed by atoms with Crippen molar-refractivity contribution in [2.75, 3.05) is 0 Å². The van der Waals surface area contributed by atoms with Gasteiger partial charge in [-0.2, -0.15) is 9.78 Å². The second kappa shape index (κ2) is 5.54. The number of nitrogens with zero attached hydrogens (tertiary/aromatic N) is 3. The maximum absolute atomic E-state index is 12.6. The molecule has 1 aliphatic rings. The van der Waals surface area contributed by atoms with Crippen LogP contribution in [0.15, 0.2) is 29.1 Å². The first kappa shape index (κ1) is 14.0. The van der Waals surface area contributed by atoms with Gasteiger partial charge in [0.05, 0.1) is 16.6 Å². The first-order valence-corrected chi connectivity index (χ1v) is 8.20. The number of hydrogen-bond donors (Lipinski definition) is 1. The Morgan fingerprint density at radius 2 is 2.04 bits per heavy atom. The standard InChI is InChI=1S/C18H18N4O/c19-11-14-16(10-12-6-2-1-3-7-12)21-22-17(14)20-15-9-5-4-8-13(15)18(22)23/h4-5,8-9,12,21H,1-3,6-7,10H2. The molecule has 0 unspecified atom stereocenters. The van der Waals surface area contributed by atoms with Gasteiger partial charge in [-0.3, -0.25) is 9.89 Å². The summed E-state index contributed by atoms with van der Waals surface area (Å²) < 4.78 is 1.43. The maximum atomic E-state index is 12.6. The number of aromatic amines is 1. The van der Waals surface area contributed by atoms with Gasteiger partial charge in [-0.15, -0.1) is 0 Å². The van der Waals surface area contributed by atoms with E-state index < -0.39 is 0 Å². The van der Waals surface area contributed by atoms with Crippen molar-refractivity contribution in [2.45, 2.75) is 38.5 Å². The van der Waals surface area contributed by atoms with Gasteiger partial charge in [-0.05, 0) is 24.5 Å². The fraction of sp³-hybridized carbons (Fsp3) is 0.389. The van der Waals surface area contributed by atoms with E-state index in [2.05, 4.69) is 16.2 Å². The average Bonchev–Trinajstić information content (AvgIpc) is 2.93. The molecule has 2 heterocycles. The van der Waals surface area contributed by atoms with Crippen molar-refractivity contribution in [3.63, 3.8) is 0 Å². The zero-order chi connectivity index (χ0) is 15.8. The van der Waals surface area contributed by atoms with Gasteiger partial charge in [-0.1, -0.05) is 44.2 Å². The van der Waals surface area contributed by atoms with Crippen molar-refractivity contribution in [2.24, 2.45) is 5.92 Å². The molecular formula is C18H18N4O. The van der Waals surface area contributed by atoms with Crippen LogP contribution >= 0.6 is 0 Å². The third kappa shape index (κ3) is 2.31. The topological polar surface area (TPSA) is 73.9 Å². The van der Waals surface area contributed by atoms with Gasteiger partial charge in [-0.25, -0.2) is 4.98 Å². The lowest BCUT2D eigenvalue weighted by atomic mass is 9.85. The summed E-state index contributed by atoms with van der Waals surface area (Å²) in [6.45, 7) is 0. The molecule has 23 heavy (non-hydrogen) atoms. The van der Waals surface area contributed by atoms with E-state index in [1.54, 1.807) is 6.07 Å². The number of hydrogen-bond acceptors (Lipinski definition) is 3. The Bertz CT molecular complexity index is 970. The molecule has 3 aromatic rings. The van der Waals surface area contributed by atoms with Crippen LogP contribution in [0.3, 0.4) is 0 Å². The second-order valence-corrected chi connectivity index (χ2v) is 6.38. The summed E-state index contributed by atoms with van der Waals surface area (Å²) in [6.07, 6.45) is 7.04. The van der Waals surface area contributed by atoms with Crippen LogP contribution in [0.1, 0.15) is 43.4 Å².